The molecule has 25 heteroatoms. The lowest BCUT2D eigenvalue weighted by Crippen LogP contribution is -2.38. The first-order valence-corrected chi connectivity index (χ1v) is 31.4. The number of amides is 5. The van der Waals surface area contributed by atoms with Gasteiger partial charge in [0.05, 0.1) is 179 Å². The number of thioether (sulfide) groups is 1. The number of hydrogen-bond donors (Lipinski definition) is 5. The first-order valence-electron chi connectivity index (χ1n) is 29.8. The molecular formula is C60H99ClN5O18S+. The number of ether oxygens (including phenoxy) is 14. The van der Waals surface area contributed by atoms with E-state index < -0.39 is 6.03 Å². The number of primary amides is 1. The van der Waals surface area contributed by atoms with Gasteiger partial charge in [-0.15, -0.1) is 0 Å². The lowest BCUT2D eigenvalue weighted by Gasteiger charge is -2.11. The number of nitrogens with two attached hydrogens (primary N) is 1. The molecule has 1 fully saturated rings. The number of carbonyl (C=O) groups excluding carboxylic acids is 4. The van der Waals surface area contributed by atoms with E-state index in [9.17, 15) is 19.2 Å². The number of allylic oxidation sites excluding steroid dienone is 1. The molecule has 2 atom stereocenters. The summed E-state index contributed by atoms with van der Waals surface area (Å²) in [6, 6.07) is 12.9. The van der Waals surface area contributed by atoms with Crippen LogP contribution < -0.4 is 31.7 Å². The number of methoxy groups -OCH3 is 1. The quantitative estimate of drug-likeness (QED) is 0.0466. The fraction of sp³-hybridized carbons (Fsp3) is 0.700. The van der Waals surface area contributed by atoms with Crippen molar-refractivity contribution >= 4 is 41.6 Å². The van der Waals surface area contributed by atoms with Crippen molar-refractivity contribution in [3.8, 4) is 5.75 Å². The SMILES string of the molecule is COc1cc(/C=C/CC[ClH+])ccc1CCOCCNC(=O)c1ccc(CNC(=O)CCOCCOCCOCCOCCOCCOCCOCCOCCOCCOCCOCCOCCNC(=O)CCCC[C@H]2CC(NC(N)=O)CS2)cc1. The fourth-order valence-electron chi connectivity index (χ4n) is 7.95. The van der Waals surface area contributed by atoms with Crippen molar-refractivity contribution < 1.29 is 97.1 Å². The van der Waals surface area contributed by atoms with Crippen LogP contribution in [0.25, 0.3) is 6.08 Å². The zero-order valence-electron chi connectivity index (χ0n) is 50.2. The van der Waals surface area contributed by atoms with E-state index in [0.717, 1.165) is 60.3 Å². The molecule has 0 aromatic heterocycles. The molecule has 2 aromatic rings. The van der Waals surface area contributed by atoms with Gasteiger partial charge >= 0.3 is 6.03 Å². The third kappa shape index (κ3) is 43.1. The molecule has 3 rings (SSSR count). The van der Waals surface area contributed by atoms with Crippen LogP contribution in [0.1, 0.15) is 72.0 Å². The molecule has 0 bridgehead atoms. The summed E-state index contributed by atoms with van der Waals surface area (Å²) in [7, 11) is 1.66. The molecule has 85 heavy (non-hydrogen) atoms. The second-order valence-electron chi connectivity index (χ2n) is 19.1. The van der Waals surface area contributed by atoms with Gasteiger partial charge in [0.25, 0.3) is 5.91 Å². The van der Waals surface area contributed by atoms with Gasteiger partial charge in [-0.2, -0.15) is 11.8 Å². The van der Waals surface area contributed by atoms with Crippen LogP contribution in [0, 0.1) is 11.6 Å². The Hall–Kier alpha value is -4.22. The molecule has 1 saturated heterocycles. The molecule has 1 unspecified atom stereocenters. The molecule has 1 heterocycles. The Labute approximate surface area is 513 Å². The van der Waals surface area contributed by atoms with Gasteiger partial charge in [-0.25, -0.2) is 4.79 Å². The zero-order chi connectivity index (χ0) is 60.7. The first-order chi connectivity index (χ1) is 41.8. The van der Waals surface area contributed by atoms with Crippen LogP contribution in [0.2, 0.25) is 0 Å². The van der Waals surface area contributed by atoms with E-state index in [1.54, 1.807) is 19.2 Å². The molecule has 23 nitrogen and oxygen atoms in total. The van der Waals surface area contributed by atoms with Gasteiger partial charge in [0.1, 0.15) is 17.4 Å². The van der Waals surface area contributed by atoms with Crippen LogP contribution in [0.4, 0.5) is 4.79 Å². The normalized spacial score (nSPS) is 14.0. The zero-order valence-corrected chi connectivity index (χ0v) is 51.8. The molecule has 0 spiro atoms. The van der Waals surface area contributed by atoms with E-state index in [-0.39, 0.29) is 36.8 Å². The van der Waals surface area contributed by atoms with Crippen molar-refractivity contribution in [2.75, 3.05) is 204 Å². The number of alkyl halides is 1. The summed E-state index contributed by atoms with van der Waals surface area (Å²) >= 11 is 6.85. The smallest absolute Gasteiger partial charge is 0.312 e. The van der Waals surface area contributed by atoms with Gasteiger partial charge < -0.3 is 93.3 Å². The summed E-state index contributed by atoms with van der Waals surface area (Å²) in [5.74, 6) is 2.12. The number of benzene rings is 2. The van der Waals surface area contributed by atoms with E-state index in [1.807, 2.05) is 48.2 Å². The number of urea groups is 1. The van der Waals surface area contributed by atoms with Crippen molar-refractivity contribution in [3.05, 3.63) is 70.8 Å². The Balaban J connectivity index is 0.931. The van der Waals surface area contributed by atoms with E-state index >= 15 is 0 Å². The second kappa shape index (κ2) is 54.0. The molecule has 0 saturated carbocycles. The number of nitrogens with one attached hydrogen (secondary N) is 4. The number of carbonyl (C=O) groups is 4. The Morgan fingerprint density at radius 3 is 1.53 bits per heavy atom. The summed E-state index contributed by atoms with van der Waals surface area (Å²) in [6.07, 6.45) is 10.2. The molecule has 6 N–H and O–H groups in total. The lowest BCUT2D eigenvalue weighted by atomic mass is 10.1. The lowest BCUT2D eigenvalue weighted by molar-refractivity contribution is -0.365. The third-order valence-corrected chi connectivity index (χ3v) is 14.1. The van der Waals surface area contributed by atoms with Gasteiger partial charge in [0.2, 0.25) is 11.8 Å². The minimum atomic E-state index is -0.466. The number of halogens is 1. The largest absolute Gasteiger partial charge is 0.496 e. The summed E-state index contributed by atoms with van der Waals surface area (Å²) in [4.78, 5) is 48.0. The van der Waals surface area contributed by atoms with E-state index in [4.69, 9.17) is 83.7 Å². The van der Waals surface area contributed by atoms with Crippen LogP contribution in [0.15, 0.2) is 48.5 Å². The molecule has 5 amide bonds. The van der Waals surface area contributed by atoms with E-state index in [2.05, 4.69) is 27.3 Å². The highest BCUT2D eigenvalue weighted by molar-refractivity contribution is 8.00. The van der Waals surface area contributed by atoms with Crippen molar-refractivity contribution in [1.29, 1.82) is 0 Å². The molecule has 484 valence electrons. The Bertz CT molecular complexity index is 2020. The molecule has 1 aliphatic heterocycles. The van der Waals surface area contributed by atoms with Crippen LogP contribution in [-0.4, -0.2) is 239 Å². The summed E-state index contributed by atoms with van der Waals surface area (Å²) in [6.45, 7) is 12.7. The van der Waals surface area contributed by atoms with Gasteiger partial charge in [-0.1, -0.05) is 42.8 Å². The first kappa shape index (κ1) is 75.0. The van der Waals surface area contributed by atoms with Crippen molar-refractivity contribution in [3.63, 3.8) is 0 Å². The fourth-order valence-corrected chi connectivity index (χ4v) is 9.51. The highest BCUT2D eigenvalue weighted by atomic mass is 35.5. The average Bonchev–Trinajstić information content (AvgIpc) is 4.01. The van der Waals surface area contributed by atoms with E-state index in [1.165, 1.54) is 0 Å². The number of hydrogen-bond acceptors (Lipinski definition) is 19. The molecule has 0 radical (unpaired) electrons. The van der Waals surface area contributed by atoms with E-state index in [0.29, 0.717) is 214 Å². The molecular weight excluding hydrogens is 1150 g/mol. The maximum Gasteiger partial charge on any atom is 0.312 e. The topological polar surface area (TPSA) is 272 Å². The number of unbranched alkanes of at least 4 members (excludes halogenated alkanes) is 1. The maximum absolute atomic E-state index is 12.6. The summed E-state index contributed by atoms with van der Waals surface area (Å²) in [5, 5.41) is 11.9. The van der Waals surface area contributed by atoms with Crippen LogP contribution >= 0.6 is 11.8 Å². The Kier molecular flexibility index (Phi) is 47.6. The molecule has 1 aliphatic rings. The summed E-state index contributed by atoms with van der Waals surface area (Å²) < 4.78 is 77.6. The van der Waals surface area contributed by atoms with Crippen molar-refractivity contribution in [2.45, 2.75) is 69.2 Å². The van der Waals surface area contributed by atoms with Crippen LogP contribution in [0.3, 0.4) is 0 Å². The van der Waals surface area contributed by atoms with Gasteiger partial charge in [0, 0.05) is 61.5 Å². The average molecular weight is 1250 g/mol. The van der Waals surface area contributed by atoms with Gasteiger partial charge in [-0.05, 0) is 60.6 Å². The maximum atomic E-state index is 12.6. The predicted octanol–water partition coefficient (Wildman–Crippen LogP) is 3.79. The van der Waals surface area contributed by atoms with Crippen LogP contribution in [0.5, 0.6) is 5.75 Å². The van der Waals surface area contributed by atoms with Gasteiger partial charge in [0.15, 0.2) is 5.88 Å². The third-order valence-electron chi connectivity index (χ3n) is 12.4. The number of rotatable bonds is 58. The standard InChI is InChI=1S/C60H98ClN5O18S/c1-71-56-46-50(6-4-5-17-61)9-12-52(56)15-20-72-23-19-64-59(69)53-13-10-51(11-14-53)48-65-58(68)16-21-73-24-26-75-28-30-77-32-34-79-36-38-81-40-42-83-44-45-84-43-41-82-39-37-80-35-33-78-31-29-76-27-25-74-22-18-63-57(67)8-3-2-7-55-47-54(49-85-55)66-60(62)70/h4,6,9-14,46,54-55,61H,2-3,5,7-8,15-45,47-49H2,1H3,(H5-,62,63,64,65,66,67,68,69,70)/p+1/b6-4+/t54?,55-/m0/s1. The molecule has 2 aromatic carbocycles. The predicted molar refractivity (Wildman–Crippen MR) is 321 cm³/mol. The van der Waals surface area contributed by atoms with Crippen molar-refractivity contribution in [1.82, 2.24) is 21.3 Å². The van der Waals surface area contributed by atoms with Crippen LogP contribution in [-0.2, 0) is 84.1 Å². The highest BCUT2D eigenvalue weighted by Gasteiger charge is 2.25. The minimum absolute atomic E-state index is 0.0348. The second-order valence-corrected chi connectivity index (χ2v) is 20.9. The summed E-state index contributed by atoms with van der Waals surface area (Å²) in [5.41, 5.74) is 8.73. The molecule has 0 aliphatic carbocycles. The van der Waals surface area contributed by atoms with Gasteiger partial charge in [-0.3, -0.25) is 14.4 Å². The van der Waals surface area contributed by atoms with Crippen molar-refractivity contribution in [2.24, 2.45) is 5.73 Å². The Morgan fingerprint density at radius 1 is 0.565 bits per heavy atom. The Morgan fingerprint density at radius 2 is 1.04 bits per heavy atom. The minimum Gasteiger partial charge on any atom is -0.496 e. The monoisotopic (exact) mass is 1240 g/mol. The highest BCUT2D eigenvalue weighted by Crippen LogP contribution is 2.30.